The minimum atomic E-state index is -0.0319. The number of hydrogen-bond acceptors (Lipinski definition) is 0. The second-order valence-electron chi connectivity index (χ2n) is 1.95. The predicted molar refractivity (Wildman–Crippen MR) is 36.7 cm³/mol. The zero-order chi connectivity index (χ0) is 6.53. The average molecular weight is 124 g/mol. The molecular weight excluding hydrogens is 115 g/mol. The smallest absolute Gasteiger partial charge is 0.100 e. The molecule has 0 aromatic rings. The van der Waals surface area contributed by atoms with E-state index < -0.39 is 0 Å². The van der Waals surface area contributed by atoms with Gasteiger partial charge in [-0.05, 0) is 12.5 Å². The van der Waals surface area contributed by atoms with Gasteiger partial charge in [0.1, 0.15) is 5.83 Å². The van der Waals surface area contributed by atoms with E-state index >= 15 is 0 Å². The molecule has 0 saturated heterocycles. The zero-order valence-corrected chi connectivity index (χ0v) is 5.18. The summed E-state index contributed by atoms with van der Waals surface area (Å²) in [7, 11) is 0. The Bertz CT molecular complexity index is 163. The van der Waals surface area contributed by atoms with Crippen molar-refractivity contribution in [3.8, 4) is 0 Å². The predicted octanol–water partition coefficient (Wildman–Crippen LogP) is 2.75. The van der Waals surface area contributed by atoms with E-state index in [4.69, 9.17) is 0 Å². The first-order valence-electron chi connectivity index (χ1n) is 3.06. The summed E-state index contributed by atoms with van der Waals surface area (Å²) in [4.78, 5) is 0. The lowest BCUT2D eigenvalue weighted by molar-refractivity contribution is 0.613. The number of halogens is 1. The van der Waals surface area contributed by atoms with Gasteiger partial charge in [0, 0.05) is 6.42 Å². The number of hydrogen-bond donors (Lipinski definition) is 0. The van der Waals surface area contributed by atoms with Gasteiger partial charge in [0.25, 0.3) is 0 Å². The molecule has 0 bridgehead atoms. The second-order valence-corrected chi connectivity index (χ2v) is 1.95. The van der Waals surface area contributed by atoms with Crippen LogP contribution in [0.25, 0.3) is 0 Å². The maximum absolute atomic E-state index is 12.4. The summed E-state index contributed by atoms with van der Waals surface area (Å²) < 4.78 is 12.4. The standard InChI is InChI=1S/C8H9F/c9-8-6-4-2-1-3-5-7-8/h1-4,7H,5-6H2/b3-1-,4-2-,8-7?. The Labute approximate surface area is 54.4 Å². The molecule has 0 N–H and O–H groups in total. The third-order valence-corrected chi connectivity index (χ3v) is 1.17. The lowest BCUT2D eigenvalue weighted by Crippen LogP contribution is -1.72. The molecule has 0 atom stereocenters. The lowest BCUT2D eigenvalue weighted by Gasteiger charge is -1.91. The van der Waals surface area contributed by atoms with Gasteiger partial charge in [-0.2, -0.15) is 0 Å². The maximum Gasteiger partial charge on any atom is 0.100 e. The van der Waals surface area contributed by atoms with Crippen molar-refractivity contribution in [3.63, 3.8) is 0 Å². The topological polar surface area (TPSA) is 0 Å². The normalized spacial score (nSPS) is 25.7. The van der Waals surface area contributed by atoms with E-state index in [1.165, 1.54) is 0 Å². The van der Waals surface area contributed by atoms with Crippen LogP contribution in [0.4, 0.5) is 4.39 Å². The molecule has 1 aliphatic rings. The van der Waals surface area contributed by atoms with Gasteiger partial charge in [0.05, 0.1) is 0 Å². The molecule has 0 saturated carbocycles. The fourth-order valence-corrected chi connectivity index (χ4v) is 0.696. The van der Waals surface area contributed by atoms with Gasteiger partial charge in [0.2, 0.25) is 0 Å². The minimum Gasteiger partial charge on any atom is -0.212 e. The summed E-state index contributed by atoms with van der Waals surface area (Å²) in [6.07, 6.45) is 10.3. The molecule has 0 radical (unpaired) electrons. The van der Waals surface area contributed by atoms with E-state index in [-0.39, 0.29) is 5.83 Å². The van der Waals surface area contributed by atoms with Gasteiger partial charge >= 0.3 is 0 Å². The molecule has 0 amide bonds. The van der Waals surface area contributed by atoms with Crippen LogP contribution in [0.5, 0.6) is 0 Å². The molecule has 0 aromatic carbocycles. The molecule has 0 fully saturated rings. The Morgan fingerprint density at radius 3 is 2.89 bits per heavy atom. The summed E-state index contributed by atoms with van der Waals surface area (Å²) in [5.41, 5.74) is 0. The second kappa shape index (κ2) is 3.23. The van der Waals surface area contributed by atoms with E-state index in [0.717, 1.165) is 6.42 Å². The Morgan fingerprint density at radius 1 is 1.22 bits per heavy atom. The number of rotatable bonds is 0. The van der Waals surface area contributed by atoms with E-state index in [1.807, 2.05) is 24.3 Å². The molecule has 0 heterocycles. The van der Waals surface area contributed by atoms with Crippen LogP contribution in [0.15, 0.2) is 36.2 Å². The van der Waals surface area contributed by atoms with Crippen LogP contribution in [0, 0.1) is 0 Å². The van der Waals surface area contributed by atoms with Gasteiger partial charge in [-0.1, -0.05) is 24.3 Å². The van der Waals surface area contributed by atoms with Crippen LogP contribution in [0.2, 0.25) is 0 Å². The van der Waals surface area contributed by atoms with Gasteiger partial charge in [0.15, 0.2) is 0 Å². The molecule has 0 aliphatic heterocycles. The van der Waals surface area contributed by atoms with E-state index in [2.05, 4.69) is 0 Å². The Morgan fingerprint density at radius 2 is 2.00 bits per heavy atom. The molecule has 0 spiro atoms. The summed E-state index contributed by atoms with van der Waals surface area (Å²) in [5, 5.41) is 0. The van der Waals surface area contributed by atoms with Crippen molar-refractivity contribution in [3.05, 3.63) is 36.2 Å². The first-order valence-corrected chi connectivity index (χ1v) is 3.06. The van der Waals surface area contributed by atoms with Crippen molar-refractivity contribution in [1.29, 1.82) is 0 Å². The van der Waals surface area contributed by atoms with E-state index in [1.54, 1.807) is 6.08 Å². The quantitative estimate of drug-likeness (QED) is 0.465. The molecule has 1 aliphatic carbocycles. The van der Waals surface area contributed by atoms with Gasteiger partial charge in [-0.15, -0.1) is 0 Å². The molecule has 1 rings (SSSR count). The van der Waals surface area contributed by atoms with Crippen LogP contribution in [-0.4, -0.2) is 0 Å². The monoisotopic (exact) mass is 124 g/mol. The highest BCUT2D eigenvalue weighted by Crippen LogP contribution is 2.07. The van der Waals surface area contributed by atoms with Crippen molar-refractivity contribution in [2.24, 2.45) is 0 Å². The summed E-state index contributed by atoms with van der Waals surface area (Å²) in [5.74, 6) is -0.0319. The summed E-state index contributed by atoms with van der Waals surface area (Å²) in [6, 6.07) is 0. The summed E-state index contributed by atoms with van der Waals surface area (Å²) in [6.45, 7) is 0. The van der Waals surface area contributed by atoms with E-state index in [9.17, 15) is 4.39 Å². The maximum atomic E-state index is 12.4. The molecule has 9 heavy (non-hydrogen) atoms. The Kier molecular flexibility index (Phi) is 2.25. The summed E-state index contributed by atoms with van der Waals surface area (Å²) >= 11 is 0. The minimum absolute atomic E-state index is 0.0319. The highest BCUT2D eigenvalue weighted by molar-refractivity contribution is 5.12. The fraction of sp³-hybridized carbons (Fsp3) is 0.250. The average Bonchev–Trinajstić information content (AvgIpc) is 1.79. The number of allylic oxidation sites excluding steroid dienone is 6. The van der Waals surface area contributed by atoms with Crippen molar-refractivity contribution in [2.75, 3.05) is 0 Å². The SMILES string of the molecule is FC1=CC/C=C\C=C/C1. The first kappa shape index (κ1) is 6.27. The molecule has 48 valence electrons. The lowest BCUT2D eigenvalue weighted by atomic mass is 10.2. The molecular formula is C8H9F. The highest BCUT2D eigenvalue weighted by Gasteiger charge is 1.89. The van der Waals surface area contributed by atoms with Crippen LogP contribution in [-0.2, 0) is 0 Å². The first-order chi connectivity index (χ1) is 4.39. The van der Waals surface area contributed by atoms with Gasteiger partial charge in [-0.25, -0.2) is 4.39 Å². The fourth-order valence-electron chi connectivity index (χ4n) is 0.696. The third-order valence-electron chi connectivity index (χ3n) is 1.17. The van der Waals surface area contributed by atoms with Gasteiger partial charge in [-0.3, -0.25) is 0 Å². The van der Waals surface area contributed by atoms with Crippen molar-refractivity contribution in [1.82, 2.24) is 0 Å². The molecule has 1 heteroatoms. The Balaban J connectivity index is 2.61. The molecule has 0 nitrogen and oxygen atoms in total. The van der Waals surface area contributed by atoms with Crippen molar-refractivity contribution >= 4 is 0 Å². The third kappa shape index (κ3) is 2.27. The van der Waals surface area contributed by atoms with Crippen LogP contribution in [0.3, 0.4) is 0 Å². The van der Waals surface area contributed by atoms with Crippen molar-refractivity contribution in [2.45, 2.75) is 12.8 Å². The van der Waals surface area contributed by atoms with E-state index in [0.29, 0.717) is 6.42 Å². The largest absolute Gasteiger partial charge is 0.212 e. The highest BCUT2D eigenvalue weighted by atomic mass is 19.1. The zero-order valence-electron chi connectivity index (χ0n) is 5.18. The Hall–Kier alpha value is -0.850. The van der Waals surface area contributed by atoms with Gasteiger partial charge < -0.3 is 0 Å². The molecule has 0 unspecified atom stereocenters. The van der Waals surface area contributed by atoms with Crippen molar-refractivity contribution < 1.29 is 4.39 Å². The molecule has 0 aromatic heterocycles. The van der Waals surface area contributed by atoms with Crippen LogP contribution < -0.4 is 0 Å². The van der Waals surface area contributed by atoms with Crippen LogP contribution >= 0.6 is 0 Å². The van der Waals surface area contributed by atoms with Crippen LogP contribution in [0.1, 0.15) is 12.8 Å².